The average Bonchev–Trinajstić information content (AvgIpc) is 3.23. The van der Waals surface area contributed by atoms with Crippen LogP contribution in [0.2, 0.25) is 0 Å². The highest BCUT2D eigenvalue weighted by Gasteiger charge is 2.34. The van der Waals surface area contributed by atoms with E-state index in [0.717, 1.165) is 29.2 Å². The molecule has 0 spiro atoms. The number of ether oxygens (including phenoxy) is 1. The molecule has 2 aromatic rings. The molecule has 6 heteroatoms. The van der Waals surface area contributed by atoms with Crippen molar-refractivity contribution in [2.24, 2.45) is 5.92 Å². The monoisotopic (exact) mass is 331 g/mol. The molecule has 3 rings (SSSR count). The number of carbonyl (C=O) groups excluding carboxylic acids is 1. The Labute approximate surface area is 140 Å². The van der Waals surface area contributed by atoms with Crippen LogP contribution < -0.4 is 15.4 Å². The molecule has 1 heterocycles. The number of hydrogen-bond acceptors (Lipinski definition) is 4. The fraction of sp³-hybridized carbons (Fsp3) is 0.412. The molecule has 1 aliphatic rings. The van der Waals surface area contributed by atoms with Gasteiger partial charge in [0.25, 0.3) is 0 Å². The van der Waals surface area contributed by atoms with Gasteiger partial charge < -0.3 is 15.4 Å². The molecule has 0 aliphatic heterocycles. The van der Waals surface area contributed by atoms with E-state index in [4.69, 9.17) is 4.74 Å². The number of aryl methyl sites for hydroxylation is 1. The molecule has 2 N–H and O–H groups in total. The number of amides is 2. The zero-order chi connectivity index (χ0) is 16.1. The van der Waals surface area contributed by atoms with E-state index >= 15 is 0 Å². The average molecular weight is 331 g/mol. The SMILES string of the molecule is Cc1cccc(OCCNC(=O)N[C@@H](c2nccs2)C2CC2)c1. The highest BCUT2D eigenvalue weighted by atomic mass is 32.1. The standard InChI is InChI=1S/C17H21N3O2S/c1-12-3-2-4-14(11-12)22-9-7-19-17(21)20-15(13-5-6-13)16-18-8-10-23-16/h2-4,8,10-11,13,15H,5-7,9H2,1H3,(H2,19,20,21)/t15-/m1/s1. The summed E-state index contributed by atoms with van der Waals surface area (Å²) in [6.07, 6.45) is 4.09. The van der Waals surface area contributed by atoms with Gasteiger partial charge in [-0.05, 0) is 43.4 Å². The number of nitrogens with zero attached hydrogens (tertiary/aromatic N) is 1. The van der Waals surface area contributed by atoms with Crippen molar-refractivity contribution >= 4 is 17.4 Å². The summed E-state index contributed by atoms with van der Waals surface area (Å²) >= 11 is 1.59. The van der Waals surface area contributed by atoms with Crippen molar-refractivity contribution in [1.82, 2.24) is 15.6 Å². The van der Waals surface area contributed by atoms with Crippen molar-refractivity contribution in [2.45, 2.75) is 25.8 Å². The Morgan fingerprint density at radius 3 is 3.04 bits per heavy atom. The highest BCUT2D eigenvalue weighted by molar-refractivity contribution is 7.09. The molecule has 0 radical (unpaired) electrons. The van der Waals surface area contributed by atoms with E-state index in [-0.39, 0.29) is 12.1 Å². The first-order valence-corrected chi connectivity index (χ1v) is 8.73. The fourth-order valence-corrected chi connectivity index (χ4v) is 3.21. The number of urea groups is 1. The number of benzene rings is 1. The topological polar surface area (TPSA) is 63.2 Å². The molecule has 23 heavy (non-hydrogen) atoms. The van der Waals surface area contributed by atoms with Crippen LogP contribution in [0.25, 0.3) is 0 Å². The number of carbonyl (C=O) groups is 1. The zero-order valence-corrected chi connectivity index (χ0v) is 13.9. The first kappa shape index (κ1) is 15.8. The van der Waals surface area contributed by atoms with Crippen LogP contribution in [0, 0.1) is 12.8 Å². The van der Waals surface area contributed by atoms with Crippen molar-refractivity contribution in [1.29, 1.82) is 0 Å². The van der Waals surface area contributed by atoms with E-state index in [9.17, 15) is 4.79 Å². The maximum absolute atomic E-state index is 12.0. The first-order valence-electron chi connectivity index (χ1n) is 7.85. The van der Waals surface area contributed by atoms with Gasteiger partial charge in [-0.15, -0.1) is 11.3 Å². The Hall–Kier alpha value is -2.08. The Morgan fingerprint density at radius 2 is 2.35 bits per heavy atom. The van der Waals surface area contributed by atoms with Gasteiger partial charge in [0.2, 0.25) is 0 Å². The first-order chi connectivity index (χ1) is 11.2. The molecule has 5 nitrogen and oxygen atoms in total. The molecule has 0 saturated heterocycles. The van der Waals surface area contributed by atoms with E-state index in [1.54, 1.807) is 17.5 Å². The van der Waals surface area contributed by atoms with E-state index in [1.807, 2.05) is 36.6 Å². The zero-order valence-electron chi connectivity index (χ0n) is 13.1. The van der Waals surface area contributed by atoms with Crippen LogP contribution >= 0.6 is 11.3 Å². The normalized spacial score (nSPS) is 15.0. The molecule has 1 aliphatic carbocycles. The van der Waals surface area contributed by atoms with E-state index in [2.05, 4.69) is 15.6 Å². The molecule has 2 amide bonds. The second-order valence-corrected chi connectivity index (χ2v) is 6.68. The lowest BCUT2D eigenvalue weighted by atomic mass is 10.2. The van der Waals surface area contributed by atoms with Crippen LogP contribution in [0.1, 0.15) is 29.5 Å². The molecule has 1 saturated carbocycles. The Kier molecular flexibility index (Phi) is 5.12. The Morgan fingerprint density at radius 1 is 1.48 bits per heavy atom. The second-order valence-electron chi connectivity index (χ2n) is 5.75. The lowest BCUT2D eigenvalue weighted by Crippen LogP contribution is -2.40. The summed E-state index contributed by atoms with van der Waals surface area (Å²) in [5.74, 6) is 1.35. The van der Waals surface area contributed by atoms with Crippen molar-refractivity contribution in [3.05, 3.63) is 46.4 Å². The lowest BCUT2D eigenvalue weighted by molar-refractivity contribution is 0.231. The van der Waals surface area contributed by atoms with Crippen molar-refractivity contribution in [3.8, 4) is 5.75 Å². The van der Waals surface area contributed by atoms with Crippen LogP contribution in [0.5, 0.6) is 5.75 Å². The number of thiazole rings is 1. The van der Waals surface area contributed by atoms with E-state index in [1.165, 1.54) is 0 Å². The minimum atomic E-state index is -0.162. The largest absolute Gasteiger partial charge is 0.492 e. The maximum Gasteiger partial charge on any atom is 0.315 e. The van der Waals surface area contributed by atoms with E-state index < -0.39 is 0 Å². The van der Waals surface area contributed by atoms with Crippen LogP contribution in [-0.2, 0) is 0 Å². The number of aromatic nitrogens is 1. The third kappa shape index (κ3) is 4.69. The van der Waals surface area contributed by atoms with Crippen molar-refractivity contribution in [3.63, 3.8) is 0 Å². The highest BCUT2D eigenvalue weighted by Crippen LogP contribution is 2.41. The van der Waals surface area contributed by atoms with Gasteiger partial charge in [0.1, 0.15) is 17.4 Å². The molecular formula is C17H21N3O2S. The molecule has 0 unspecified atom stereocenters. The van der Waals surface area contributed by atoms with Gasteiger partial charge in [-0.1, -0.05) is 12.1 Å². The summed E-state index contributed by atoms with van der Waals surface area (Å²) in [6, 6.07) is 7.75. The molecular weight excluding hydrogens is 310 g/mol. The third-order valence-electron chi connectivity index (χ3n) is 3.74. The Bertz CT molecular complexity index is 641. The molecule has 0 bridgehead atoms. The molecule has 1 aromatic carbocycles. The molecule has 1 aromatic heterocycles. The maximum atomic E-state index is 12.0. The van der Waals surface area contributed by atoms with Crippen LogP contribution in [-0.4, -0.2) is 24.2 Å². The third-order valence-corrected chi connectivity index (χ3v) is 4.60. The van der Waals surface area contributed by atoms with Gasteiger partial charge in [0.15, 0.2) is 0 Å². The summed E-state index contributed by atoms with van der Waals surface area (Å²) in [5, 5.41) is 8.81. The lowest BCUT2D eigenvalue weighted by Gasteiger charge is -2.16. The van der Waals surface area contributed by atoms with Gasteiger partial charge >= 0.3 is 6.03 Å². The molecule has 122 valence electrons. The summed E-state index contributed by atoms with van der Waals surface area (Å²) in [6.45, 7) is 2.94. The predicted molar refractivity (Wildman–Crippen MR) is 90.8 cm³/mol. The second kappa shape index (κ2) is 7.46. The van der Waals surface area contributed by atoms with Crippen LogP contribution in [0.3, 0.4) is 0 Å². The smallest absolute Gasteiger partial charge is 0.315 e. The minimum Gasteiger partial charge on any atom is -0.492 e. The number of hydrogen-bond donors (Lipinski definition) is 2. The van der Waals surface area contributed by atoms with Crippen LogP contribution in [0.15, 0.2) is 35.8 Å². The predicted octanol–water partition coefficient (Wildman–Crippen LogP) is 3.28. The summed E-state index contributed by atoms with van der Waals surface area (Å²) in [5.41, 5.74) is 1.16. The van der Waals surface area contributed by atoms with E-state index in [0.29, 0.717) is 19.1 Å². The molecule has 1 atom stereocenters. The van der Waals surface area contributed by atoms with Crippen molar-refractivity contribution in [2.75, 3.05) is 13.2 Å². The van der Waals surface area contributed by atoms with Gasteiger partial charge in [0.05, 0.1) is 12.6 Å². The summed E-state index contributed by atoms with van der Waals surface area (Å²) in [4.78, 5) is 16.4. The van der Waals surface area contributed by atoms with Gasteiger partial charge in [-0.3, -0.25) is 0 Å². The summed E-state index contributed by atoms with van der Waals surface area (Å²) in [7, 11) is 0. The molecule has 1 fully saturated rings. The summed E-state index contributed by atoms with van der Waals surface area (Å²) < 4.78 is 5.62. The minimum absolute atomic E-state index is 0.0349. The van der Waals surface area contributed by atoms with Gasteiger partial charge in [0, 0.05) is 11.6 Å². The Balaban J connectivity index is 1.41. The number of rotatable bonds is 7. The fourth-order valence-electron chi connectivity index (χ4n) is 2.43. The van der Waals surface area contributed by atoms with Gasteiger partial charge in [-0.25, -0.2) is 9.78 Å². The number of nitrogens with one attached hydrogen (secondary N) is 2. The quantitative estimate of drug-likeness (QED) is 0.765. The van der Waals surface area contributed by atoms with Crippen LogP contribution in [0.4, 0.5) is 4.79 Å². The van der Waals surface area contributed by atoms with Gasteiger partial charge in [-0.2, -0.15) is 0 Å². The van der Waals surface area contributed by atoms with Crippen molar-refractivity contribution < 1.29 is 9.53 Å².